The van der Waals surface area contributed by atoms with Crippen molar-refractivity contribution in [2.45, 2.75) is 32.7 Å². The minimum absolute atomic E-state index is 0.138. The van der Waals surface area contributed by atoms with Crippen LogP contribution in [0.2, 0.25) is 0 Å². The van der Waals surface area contributed by atoms with E-state index in [4.69, 9.17) is 14.5 Å². The van der Waals surface area contributed by atoms with Gasteiger partial charge in [-0.2, -0.15) is 0 Å². The van der Waals surface area contributed by atoms with Crippen molar-refractivity contribution in [1.29, 1.82) is 0 Å². The summed E-state index contributed by atoms with van der Waals surface area (Å²) in [5.41, 5.74) is 3.82. The fourth-order valence-corrected chi connectivity index (χ4v) is 4.64. The highest BCUT2D eigenvalue weighted by Gasteiger charge is 2.29. The Kier molecular flexibility index (Phi) is 8.00. The number of ketones is 1. The smallest absolute Gasteiger partial charge is 0.222 e. The molecule has 1 N–H and O–H groups in total. The minimum atomic E-state index is -0.719. The monoisotopic (exact) mass is 487 g/mol. The molecular formula is C29H33N3O4. The van der Waals surface area contributed by atoms with Crippen LogP contribution in [0, 0.1) is 0 Å². The van der Waals surface area contributed by atoms with Gasteiger partial charge in [0, 0.05) is 30.0 Å². The van der Waals surface area contributed by atoms with E-state index in [0.717, 1.165) is 35.1 Å². The summed E-state index contributed by atoms with van der Waals surface area (Å²) in [7, 11) is 3.23. The van der Waals surface area contributed by atoms with Crippen LogP contribution in [0.25, 0.3) is 17.0 Å². The summed E-state index contributed by atoms with van der Waals surface area (Å²) in [6.07, 6.45) is 4.41. The summed E-state index contributed by atoms with van der Waals surface area (Å²) in [4.78, 5) is 33.3. The molecule has 1 aliphatic carbocycles. The molecule has 0 aliphatic heterocycles. The van der Waals surface area contributed by atoms with Gasteiger partial charge in [0.1, 0.15) is 17.5 Å². The fourth-order valence-electron chi connectivity index (χ4n) is 4.64. The molecule has 1 aromatic heterocycles. The van der Waals surface area contributed by atoms with Gasteiger partial charge in [-0.1, -0.05) is 38.1 Å². The van der Waals surface area contributed by atoms with Crippen LogP contribution in [0.15, 0.2) is 48.5 Å². The van der Waals surface area contributed by atoms with Gasteiger partial charge in [-0.15, -0.1) is 0 Å². The predicted octanol–water partition coefficient (Wildman–Crippen LogP) is 4.27. The molecule has 4 rings (SSSR count). The van der Waals surface area contributed by atoms with Gasteiger partial charge < -0.3 is 19.7 Å². The van der Waals surface area contributed by atoms with E-state index in [9.17, 15) is 9.59 Å². The van der Waals surface area contributed by atoms with Crippen molar-refractivity contribution in [2.24, 2.45) is 0 Å². The normalized spacial score (nSPS) is 14.7. The lowest BCUT2D eigenvalue weighted by Crippen LogP contribution is -2.42. The Morgan fingerprint density at radius 1 is 1.06 bits per heavy atom. The zero-order valence-electron chi connectivity index (χ0n) is 21.3. The van der Waals surface area contributed by atoms with Crippen LogP contribution in [0.4, 0.5) is 0 Å². The highest BCUT2D eigenvalue weighted by Crippen LogP contribution is 2.32. The average Bonchev–Trinajstić information content (AvgIpc) is 2.90. The van der Waals surface area contributed by atoms with Gasteiger partial charge in [-0.3, -0.25) is 9.59 Å². The molecule has 36 heavy (non-hydrogen) atoms. The first-order chi connectivity index (χ1) is 17.5. The van der Waals surface area contributed by atoms with Crippen molar-refractivity contribution in [1.82, 2.24) is 15.2 Å². The Balaban J connectivity index is 1.69. The number of rotatable bonds is 10. The molecule has 1 unspecified atom stereocenters. The number of hydrogen-bond acceptors (Lipinski definition) is 6. The molecule has 1 amide bonds. The van der Waals surface area contributed by atoms with Gasteiger partial charge in [-0.05, 0) is 54.9 Å². The Morgan fingerprint density at radius 3 is 2.42 bits per heavy atom. The van der Waals surface area contributed by atoms with Crippen LogP contribution < -0.4 is 14.8 Å². The van der Waals surface area contributed by atoms with Crippen LogP contribution >= 0.6 is 0 Å². The van der Waals surface area contributed by atoms with Crippen LogP contribution in [-0.4, -0.2) is 61.5 Å². The number of methoxy groups -OCH3 is 2. The molecule has 0 bridgehead atoms. The number of para-hydroxylation sites is 1. The lowest BCUT2D eigenvalue weighted by atomic mass is 9.87. The Hall–Kier alpha value is -3.71. The van der Waals surface area contributed by atoms with E-state index in [-0.39, 0.29) is 11.7 Å². The Morgan fingerprint density at radius 2 is 1.75 bits per heavy atom. The molecule has 1 heterocycles. The van der Waals surface area contributed by atoms with E-state index >= 15 is 0 Å². The maximum atomic E-state index is 13.7. The van der Waals surface area contributed by atoms with Crippen molar-refractivity contribution in [3.63, 3.8) is 0 Å². The third kappa shape index (κ3) is 5.41. The molecule has 3 aromatic rings. The predicted molar refractivity (Wildman–Crippen MR) is 142 cm³/mol. The molecule has 0 radical (unpaired) electrons. The number of carbonyl (C=O) groups is 2. The molecule has 7 nitrogen and oxygen atoms in total. The molecule has 7 heteroatoms. The van der Waals surface area contributed by atoms with E-state index in [1.54, 1.807) is 20.3 Å². The number of fused-ring (bicyclic) bond motifs is 2. The summed E-state index contributed by atoms with van der Waals surface area (Å²) in [6, 6.07) is 12.8. The molecule has 0 saturated carbocycles. The zero-order chi connectivity index (χ0) is 25.7. The Labute approximate surface area is 212 Å². The number of aromatic nitrogens is 1. The van der Waals surface area contributed by atoms with E-state index in [2.05, 4.69) is 24.1 Å². The average molecular weight is 488 g/mol. The number of amides is 1. The SMILES string of the molecule is CCN(CC)CCC(=O)NC1C=Cc2nc3ccccc3c(Cc3cc(OC)cc(OC)c3)c2C1=O. The maximum absolute atomic E-state index is 13.7. The van der Waals surface area contributed by atoms with Gasteiger partial charge in [0.25, 0.3) is 0 Å². The second-order valence-corrected chi connectivity index (χ2v) is 8.81. The second-order valence-electron chi connectivity index (χ2n) is 8.81. The summed E-state index contributed by atoms with van der Waals surface area (Å²) < 4.78 is 10.9. The van der Waals surface area contributed by atoms with E-state index < -0.39 is 6.04 Å². The van der Waals surface area contributed by atoms with Crippen molar-refractivity contribution in [3.05, 3.63) is 70.9 Å². The summed E-state index contributed by atoms with van der Waals surface area (Å²) in [5.74, 6) is 1.08. The number of nitrogens with zero attached hydrogens (tertiary/aromatic N) is 2. The maximum Gasteiger partial charge on any atom is 0.222 e. The van der Waals surface area contributed by atoms with Crippen LogP contribution in [0.5, 0.6) is 11.5 Å². The highest BCUT2D eigenvalue weighted by molar-refractivity contribution is 6.11. The highest BCUT2D eigenvalue weighted by atomic mass is 16.5. The summed E-state index contributed by atoms with van der Waals surface area (Å²) in [5, 5.41) is 3.83. The first kappa shape index (κ1) is 25.4. The van der Waals surface area contributed by atoms with Gasteiger partial charge in [0.2, 0.25) is 5.91 Å². The number of pyridine rings is 1. The van der Waals surface area contributed by atoms with E-state index in [1.165, 1.54) is 0 Å². The molecular weight excluding hydrogens is 454 g/mol. The standard InChI is InChI=1S/C29H33N3O4/c1-5-32(6-2)14-13-27(33)31-26-12-11-25-28(29(26)34)23(22-9-7-8-10-24(22)30-25)17-19-15-20(35-3)18-21(16-19)36-4/h7-12,15-16,18,26H,5-6,13-14,17H2,1-4H3,(H,31,33). The first-order valence-corrected chi connectivity index (χ1v) is 12.3. The van der Waals surface area contributed by atoms with Crippen LogP contribution in [-0.2, 0) is 11.2 Å². The quantitative estimate of drug-likeness (QED) is 0.460. The number of carbonyl (C=O) groups excluding carboxylic acids is 2. The first-order valence-electron chi connectivity index (χ1n) is 12.3. The van der Waals surface area contributed by atoms with Gasteiger partial charge in [0.05, 0.1) is 25.4 Å². The second kappa shape index (κ2) is 11.4. The molecule has 1 aliphatic rings. The lowest BCUT2D eigenvalue weighted by Gasteiger charge is -2.23. The Bertz CT molecular complexity index is 1270. The number of hydrogen-bond donors (Lipinski definition) is 1. The van der Waals surface area contributed by atoms with Crippen LogP contribution in [0.1, 0.15) is 47.4 Å². The summed E-state index contributed by atoms with van der Waals surface area (Å²) >= 11 is 0. The zero-order valence-corrected chi connectivity index (χ0v) is 21.3. The van der Waals surface area contributed by atoms with Gasteiger partial charge >= 0.3 is 0 Å². The van der Waals surface area contributed by atoms with E-state index in [0.29, 0.717) is 42.1 Å². The fraction of sp³-hybridized carbons (Fsp3) is 0.345. The number of ether oxygens (including phenoxy) is 2. The summed E-state index contributed by atoms with van der Waals surface area (Å²) in [6.45, 7) is 6.58. The lowest BCUT2D eigenvalue weighted by molar-refractivity contribution is -0.121. The molecule has 0 saturated heterocycles. The molecule has 188 valence electrons. The van der Waals surface area contributed by atoms with Crippen molar-refractivity contribution < 1.29 is 19.1 Å². The van der Waals surface area contributed by atoms with E-state index in [1.807, 2.05) is 48.5 Å². The van der Waals surface area contributed by atoms with Crippen LogP contribution in [0.3, 0.4) is 0 Å². The minimum Gasteiger partial charge on any atom is -0.497 e. The molecule has 0 fully saturated rings. The number of Topliss-reactive ketones (excluding diaryl/α,β-unsaturated/α-hetero) is 1. The number of benzene rings is 2. The third-order valence-electron chi connectivity index (χ3n) is 6.66. The largest absolute Gasteiger partial charge is 0.497 e. The number of nitrogens with one attached hydrogen (secondary N) is 1. The van der Waals surface area contributed by atoms with Crippen molar-refractivity contribution >= 4 is 28.7 Å². The molecule has 2 aromatic carbocycles. The topological polar surface area (TPSA) is 80.8 Å². The van der Waals surface area contributed by atoms with Gasteiger partial charge in [-0.25, -0.2) is 4.98 Å². The van der Waals surface area contributed by atoms with Crippen molar-refractivity contribution in [2.75, 3.05) is 33.9 Å². The molecule has 1 atom stereocenters. The van der Waals surface area contributed by atoms with Crippen molar-refractivity contribution in [3.8, 4) is 11.5 Å². The molecule has 0 spiro atoms. The van der Waals surface area contributed by atoms with Gasteiger partial charge in [0.15, 0.2) is 5.78 Å². The third-order valence-corrected chi connectivity index (χ3v) is 6.66.